The van der Waals surface area contributed by atoms with E-state index in [2.05, 4.69) is 22.7 Å². The van der Waals surface area contributed by atoms with Crippen LogP contribution in [0.15, 0.2) is 64.5 Å². The standard InChI is InChI=1S/C28H31N3O5S/c1-17-5-10-20(32)13-27(17)37(33,34)30-19-8-6-18(7-9-19)28-22-15-26(36-4)25(35-3)14-21(22)23-16-31(2)12-11-24(23)29-28/h5-10,13-15,23-24,30,32H,11-12,16H2,1-4H3/t23-,24-/m1/s1. The third-order valence-electron chi connectivity index (χ3n) is 7.16. The van der Waals surface area contributed by atoms with E-state index in [1.807, 2.05) is 18.2 Å². The zero-order valence-electron chi connectivity index (χ0n) is 21.4. The molecule has 3 aromatic carbocycles. The molecule has 194 valence electrons. The molecule has 0 radical (unpaired) electrons. The van der Waals surface area contributed by atoms with Gasteiger partial charge in [0, 0.05) is 35.3 Å². The second-order valence-electron chi connectivity index (χ2n) is 9.63. The third kappa shape index (κ3) is 4.76. The van der Waals surface area contributed by atoms with Crippen LogP contribution in [0.2, 0.25) is 0 Å². The van der Waals surface area contributed by atoms with Gasteiger partial charge in [0.05, 0.1) is 30.9 Å². The van der Waals surface area contributed by atoms with Crippen LogP contribution in [0.4, 0.5) is 5.69 Å². The first-order valence-electron chi connectivity index (χ1n) is 12.2. The van der Waals surface area contributed by atoms with Gasteiger partial charge in [0.1, 0.15) is 5.75 Å². The second kappa shape index (κ2) is 9.72. The maximum absolute atomic E-state index is 13.0. The van der Waals surface area contributed by atoms with E-state index in [0.29, 0.717) is 22.7 Å². The zero-order chi connectivity index (χ0) is 26.3. The number of nitrogens with one attached hydrogen (secondary N) is 1. The molecule has 2 aliphatic heterocycles. The average Bonchev–Trinajstić information content (AvgIpc) is 2.89. The van der Waals surface area contributed by atoms with Crippen LogP contribution in [-0.2, 0) is 10.0 Å². The van der Waals surface area contributed by atoms with Crippen molar-refractivity contribution in [3.63, 3.8) is 0 Å². The van der Waals surface area contributed by atoms with Crippen molar-refractivity contribution < 1.29 is 23.0 Å². The molecule has 0 unspecified atom stereocenters. The minimum atomic E-state index is -3.87. The van der Waals surface area contributed by atoms with Gasteiger partial charge >= 0.3 is 0 Å². The maximum atomic E-state index is 13.0. The molecule has 2 aliphatic rings. The Kier molecular flexibility index (Phi) is 6.59. The first kappa shape index (κ1) is 25.1. The van der Waals surface area contributed by atoms with Gasteiger partial charge in [-0.15, -0.1) is 0 Å². The fourth-order valence-electron chi connectivity index (χ4n) is 5.22. The molecule has 2 heterocycles. The molecule has 0 saturated carbocycles. The van der Waals surface area contributed by atoms with Crippen molar-refractivity contribution in [3.05, 3.63) is 76.9 Å². The van der Waals surface area contributed by atoms with Gasteiger partial charge in [-0.1, -0.05) is 18.2 Å². The van der Waals surface area contributed by atoms with Crippen molar-refractivity contribution in [3.8, 4) is 17.2 Å². The molecule has 0 amide bonds. The number of ether oxygens (including phenoxy) is 2. The summed E-state index contributed by atoms with van der Waals surface area (Å²) >= 11 is 0. The molecule has 9 heteroatoms. The van der Waals surface area contributed by atoms with Crippen molar-refractivity contribution >= 4 is 21.4 Å². The molecule has 0 aliphatic carbocycles. The minimum Gasteiger partial charge on any atom is -0.508 e. The number of likely N-dealkylation sites (tertiary alicyclic amines) is 1. The van der Waals surface area contributed by atoms with E-state index in [4.69, 9.17) is 14.5 Å². The molecule has 37 heavy (non-hydrogen) atoms. The largest absolute Gasteiger partial charge is 0.508 e. The van der Waals surface area contributed by atoms with Gasteiger partial charge in [-0.2, -0.15) is 0 Å². The molecule has 2 N–H and O–H groups in total. The highest BCUT2D eigenvalue weighted by atomic mass is 32.2. The molecule has 1 saturated heterocycles. The zero-order valence-corrected chi connectivity index (χ0v) is 22.2. The Morgan fingerprint density at radius 3 is 2.43 bits per heavy atom. The fraction of sp³-hybridized carbons (Fsp3) is 0.321. The predicted molar refractivity (Wildman–Crippen MR) is 144 cm³/mol. The number of sulfonamides is 1. The lowest BCUT2D eigenvalue weighted by Crippen LogP contribution is -2.41. The lowest BCUT2D eigenvalue weighted by atomic mass is 9.79. The molecule has 5 rings (SSSR count). The minimum absolute atomic E-state index is 0.0384. The lowest BCUT2D eigenvalue weighted by Gasteiger charge is -2.39. The highest BCUT2D eigenvalue weighted by Gasteiger charge is 2.36. The number of aromatic hydroxyl groups is 1. The quantitative estimate of drug-likeness (QED) is 0.505. The van der Waals surface area contributed by atoms with Crippen LogP contribution in [0.25, 0.3) is 0 Å². The number of aryl methyl sites for hydroxylation is 1. The monoisotopic (exact) mass is 521 g/mol. The molecule has 3 aromatic rings. The van der Waals surface area contributed by atoms with Crippen LogP contribution >= 0.6 is 0 Å². The van der Waals surface area contributed by atoms with Gasteiger partial charge in [-0.05, 0) is 68.4 Å². The highest BCUT2D eigenvalue weighted by Crippen LogP contribution is 2.42. The van der Waals surface area contributed by atoms with Crippen molar-refractivity contribution in [1.29, 1.82) is 0 Å². The number of aliphatic imine (C=N–C) groups is 1. The Labute approximate surface area is 217 Å². The van der Waals surface area contributed by atoms with E-state index in [9.17, 15) is 13.5 Å². The summed E-state index contributed by atoms with van der Waals surface area (Å²) in [4.78, 5) is 7.55. The predicted octanol–water partition coefficient (Wildman–Crippen LogP) is 4.16. The topological polar surface area (TPSA) is 100 Å². The second-order valence-corrected chi connectivity index (χ2v) is 11.3. The Balaban J connectivity index is 1.50. The van der Waals surface area contributed by atoms with Crippen molar-refractivity contribution in [1.82, 2.24) is 4.90 Å². The summed E-state index contributed by atoms with van der Waals surface area (Å²) in [7, 11) is 1.53. The fourth-order valence-corrected chi connectivity index (χ4v) is 6.54. The molecule has 0 spiro atoms. The first-order chi connectivity index (χ1) is 17.7. The Morgan fingerprint density at radius 1 is 1.03 bits per heavy atom. The number of rotatable bonds is 6. The maximum Gasteiger partial charge on any atom is 0.262 e. The summed E-state index contributed by atoms with van der Waals surface area (Å²) in [6.45, 7) is 3.59. The number of likely N-dealkylation sites (N-methyl/N-ethyl adjacent to an activating group) is 1. The van der Waals surface area contributed by atoms with Crippen LogP contribution in [0.1, 0.15) is 34.6 Å². The molecule has 0 aromatic heterocycles. The van der Waals surface area contributed by atoms with Gasteiger partial charge in [0.2, 0.25) is 0 Å². The molecule has 2 atom stereocenters. The molecule has 1 fully saturated rings. The third-order valence-corrected chi connectivity index (χ3v) is 8.68. The lowest BCUT2D eigenvalue weighted by molar-refractivity contribution is 0.227. The number of piperidine rings is 1. The van der Waals surface area contributed by atoms with Crippen LogP contribution in [0.5, 0.6) is 17.2 Å². The molecule has 8 nitrogen and oxygen atoms in total. The van der Waals surface area contributed by atoms with Crippen molar-refractivity contribution in [2.45, 2.75) is 30.2 Å². The number of phenols is 1. The van der Waals surface area contributed by atoms with E-state index in [-0.39, 0.29) is 22.6 Å². The molecular weight excluding hydrogens is 490 g/mol. The van der Waals surface area contributed by atoms with E-state index in [1.165, 1.54) is 17.7 Å². The number of methoxy groups -OCH3 is 2. The number of hydrogen-bond acceptors (Lipinski definition) is 7. The van der Waals surface area contributed by atoms with Gasteiger partial charge in [0.15, 0.2) is 11.5 Å². The normalized spacial score (nSPS) is 19.4. The number of nitrogens with zero attached hydrogens (tertiary/aromatic N) is 2. The Morgan fingerprint density at radius 2 is 1.73 bits per heavy atom. The SMILES string of the molecule is COc1cc2c(cc1OC)[C@H]1CN(C)CC[C@H]1N=C2c1ccc(NS(=O)(=O)c2cc(O)ccc2C)cc1. The van der Waals surface area contributed by atoms with E-state index >= 15 is 0 Å². The van der Waals surface area contributed by atoms with Gasteiger partial charge in [-0.3, -0.25) is 9.71 Å². The summed E-state index contributed by atoms with van der Waals surface area (Å²) in [5.41, 5.74) is 4.91. The van der Waals surface area contributed by atoms with E-state index in [0.717, 1.165) is 36.3 Å². The van der Waals surface area contributed by atoms with Crippen molar-refractivity contribution in [2.24, 2.45) is 4.99 Å². The van der Waals surface area contributed by atoms with Crippen LogP contribution < -0.4 is 14.2 Å². The van der Waals surface area contributed by atoms with Crippen LogP contribution in [0.3, 0.4) is 0 Å². The van der Waals surface area contributed by atoms with Crippen LogP contribution in [0, 0.1) is 6.92 Å². The number of fused-ring (bicyclic) bond motifs is 3. The summed E-state index contributed by atoms with van der Waals surface area (Å²) in [6, 6.07) is 15.7. The number of benzene rings is 3. The summed E-state index contributed by atoms with van der Waals surface area (Å²) in [5.74, 6) is 1.49. The molecule has 0 bridgehead atoms. The van der Waals surface area contributed by atoms with Gasteiger partial charge in [0.25, 0.3) is 10.0 Å². The summed E-state index contributed by atoms with van der Waals surface area (Å²) in [5, 5.41) is 9.77. The number of anilines is 1. The van der Waals surface area contributed by atoms with E-state index in [1.54, 1.807) is 39.3 Å². The Hall–Kier alpha value is -3.56. The van der Waals surface area contributed by atoms with Gasteiger partial charge < -0.3 is 19.5 Å². The molecular formula is C28H31N3O5S. The summed E-state index contributed by atoms with van der Waals surface area (Å²) < 4.78 is 39.7. The smallest absolute Gasteiger partial charge is 0.262 e. The van der Waals surface area contributed by atoms with Gasteiger partial charge in [-0.25, -0.2) is 8.42 Å². The Bertz CT molecular complexity index is 1470. The van der Waals surface area contributed by atoms with Crippen LogP contribution in [-0.4, -0.2) is 64.5 Å². The van der Waals surface area contributed by atoms with E-state index < -0.39 is 10.0 Å². The average molecular weight is 522 g/mol. The first-order valence-corrected chi connectivity index (χ1v) is 13.6. The highest BCUT2D eigenvalue weighted by molar-refractivity contribution is 7.92. The van der Waals surface area contributed by atoms with Crippen molar-refractivity contribution in [2.75, 3.05) is 39.1 Å². The number of hydrogen-bond donors (Lipinski definition) is 2. The number of phenolic OH excluding ortho intramolecular Hbond substituents is 1. The summed E-state index contributed by atoms with van der Waals surface area (Å²) in [6.07, 6.45) is 0.958.